The number of aliphatic hydroxyl groups is 2. The average molecular weight is 1200 g/mol. The van der Waals surface area contributed by atoms with E-state index in [0.717, 1.165) is 104 Å². The zero-order chi connectivity index (χ0) is 63.2. The van der Waals surface area contributed by atoms with E-state index in [9.17, 15) is 20.1 Å². The maximum absolute atomic E-state index is 13.1. The number of hydrogen-bond acceptors (Lipinski definition) is 9. The van der Waals surface area contributed by atoms with E-state index in [1.807, 2.05) is 62.4 Å². The first kappa shape index (κ1) is 70.5. The Kier molecular flexibility index (Phi) is 26.3. The van der Waals surface area contributed by atoms with Crippen molar-refractivity contribution in [3.8, 4) is 28.7 Å². The topological polar surface area (TPSA) is 124 Å². The van der Waals surface area contributed by atoms with Crippen molar-refractivity contribution >= 4 is 11.7 Å². The lowest BCUT2D eigenvalue weighted by Gasteiger charge is -2.44. The predicted molar refractivity (Wildman–Crippen MR) is 364 cm³/mol. The van der Waals surface area contributed by atoms with Crippen LogP contribution in [0.4, 0.5) is 0 Å². The number of carbonyl (C=O) groups excluding carboxylic acids is 1. The molecule has 0 saturated heterocycles. The molecule has 3 N–H and O–H groups in total. The number of benzene rings is 5. The Morgan fingerprint density at radius 3 is 1.64 bits per heavy atom. The first-order valence-corrected chi connectivity index (χ1v) is 32.4. The van der Waals surface area contributed by atoms with Gasteiger partial charge in [0.1, 0.15) is 23.0 Å². The number of phenolic OH excluding ortho intramolecular Hbond substituents is 1. The lowest BCUT2D eigenvalue weighted by Crippen LogP contribution is -2.41. The summed E-state index contributed by atoms with van der Waals surface area (Å²) in [5.41, 5.74) is 17.4. The third-order valence-electron chi connectivity index (χ3n) is 19.2. The van der Waals surface area contributed by atoms with E-state index in [-0.39, 0.29) is 44.4 Å². The van der Waals surface area contributed by atoms with Crippen molar-refractivity contribution in [2.75, 3.05) is 27.4 Å². The number of methoxy groups -OCH3 is 2. The summed E-state index contributed by atoms with van der Waals surface area (Å²) in [5, 5.41) is 30.7. The van der Waals surface area contributed by atoms with Crippen LogP contribution in [0.2, 0.25) is 0 Å². The molecule has 1 aliphatic heterocycles. The second-order valence-electron chi connectivity index (χ2n) is 26.3. The highest BCUT2D eigenvalue weighted by molar-refractivity contribution is 5.89. The Morgan fingerprint density at radius 2 is 1.10 bits per heavy atom. The van der Waals surface area contributed by atoms with Crippen molar-refractivity contribution in [2.24, 2.45) is 17.8 Å². The molecule has 9 heteroatoms. The molecular formula is C79H108O9. The monoisotopic (exact) mass is 1200 g/mol. The summed E-state index contributed by atoms with van der Waals surface area (Å²) in [7, 11) is 3.39. The number of hydrogen-bond donors (Lipinski definition) is 3. The summed E-state index contributed by atoms with van der Waals surface area (Å²) in [6, 6.07) is 25.7. The molecule has 10 atom stereocenters. The molecule has 9 nitrogen and oxygen atoms in total. The fourth-order valence-corrected chi connectivity index (χ4v) is 14.4. The van der Waals surface area contributed by atoms with Gasteiger partial charge in [0.25, 0.3) is 0 Å². The van der Waals surface area contributed by atoms with E-state index in [1.165, 1.54) is 68.5 Å². The minimum absolute atomic E-state index is 0. The lowest BCUT2D eigenvalue weighted by atomic mass is 9.68. The van der Waals surface area contributed by atoms with Crippen molar-refractivity contribution in [2.45, 2.75) is 216 Å². The molecule has 478 valence electrons. The van der Waals surface area contributed by atoms with Gasteiger partial charge in [0, 0.05) is 46.9 Å². The third kappa shape index (κ3) is 16.8. The highest BCUT2D eigenvalue weighted by atomic mass is 16.7. The molecule has 0 saturated carbocycles. The van der Waals surface area contributed by atoms with Gasteiger partial charge in [0.2, 0.25) is 6.29 Å². The number of carbonyl (C=O) groups is 1. The zero-order valence-corrected chi connectivity index (χ0v) is 55.4. The van der Waals surface area contributed by atoms with Crippen LogP contribution in [0.3, 0.4) is 0 Å². The van der Waals surface area contributed by atoms with Crippen LogP contribution in [0.1, 0.15) is 254 Å². The van der Waals surface area contributed by atoms with Crippen LogP contribution < -0.4 is 18.9 Å². The second-order valence-corrected chi connectivity index (χ2v) is 26.3. The smallest absolute Gasteiger partial charge is 0.341 e. The fraction of sp³-hybridized carbons (Fsp3) is 0.506. The van der Waals surface area contributed by atoms with Crippen LogP contribution in [0.15, 0.2) is 120 Å². The molecule has 0 radical (unpaired) electrons. The number of ether oxygens (including phenoxy) is 5. The van der Waals surface area contributed by atoms with Gasteiger partial charge in [-0.05, 0) is 245 Å². The highest BCUT2D eigenvalue weighted by Gasteiger charge is 2.46. The quantitative estimate of drug-likeness (QED) is 0.0397. The van der Waals surface area contributed by atoms with Gasteiger partial charge in [-0.3, -0.25) is 0 Å². The van der Waals surface area contributed by atoms with Crippen molar-refractivity contribution in [3.05, 3.63) is 187 Å². The van der Waals surface area contributed by atoms with Gasteiger partial charge in [-0.15, -0.1) is 0 Å². The van der Waals surface area contributed by atoms with Gasteiger partial charge >= 0.3 is 5.97 Å². The number of aliphatic hydroxyl groups excluding tert-OH is 2. The Balaban J connectivity index is 0.000000220. The molecule has 0 spiro atoms. The average Bonchev–Trinajstić information content (AvgIpc) is 0.791. The standard InChI is InChI=1S/C35H38O4.C22H34O2.C21H32O3.CH4/c1-22(2)13-12-18-29-28-20-19-23(3)31-30(37-25(5)26-14-8-6-9-15-26)21-24(4)33(32(28)31)38-35(29)39-34(36)27-16-10-7-11-17-27;1-14(2)8-7-9-18(13-23)19-11-10-15(3)21-20(19)12-16(4)17(5)22(21)24-6;1-13(2)7-6-8-16(12-22)17-10-9-14(3)19-18(17)11-15(4)21(24-5)20(19)23;/h6-11,13-17,21,23,28-29,35H,5,12,18-20H2,1-4H3;8,12,15,18-19,23H,7,9-11,13H2,1-6H3;7,11,14,16-17,22-23H,6,8-10,12H2,1-5H3;1H4/t23-,28+,29+,35?;15-,18-,19+;14-,16-,17+;/m111./s1. The first-order valence-electron chi connectivity index (χ1n) is 32.4. The number of rotatable bonds is 20. The Labute approximate surface area is 530 Å². The third-order valence-corrected chi connectivity index (χ3v) is 19.2. The number of allylic oxidation sites excluding steroid dienone is 6. The van der Waals surface area contributed by atoms with Gasteiger partial charge in [-0.2, -0.15) is 0 Å². The number of esters is 1. The SMILES string of the molecule is C.C=C(Oc1cc(C)c2c3c1[C@H](C)CC[C@H]3[C@H](CCC=C(C)C)C(OC(=O)c1ccccc1)O2)c1ccccc1.COc1c(C)c(C)cc2c1[C@H](C)CC[C@H]2[C@@H](CO)CCC=C(C)C.COc1c(C)cc2c(c1O)[C@H](C)CC[C@H]2[C@@H](CO)CCC=C(C)C. The van der Waals surface area contributed by atoms with Crippen LogP contribution in [-0.2, 0) is 4.74 Å². The van der Waals surface area contributed by atoms with Crippen LogP contribution in [0.5, 0.6) is 28.7 Å². The number of fused-ring (bicyclic) bond motifs is 2. The van der Waals surface area contributed by atoms with Gasteiger partial charge in [0.05, 0.1) is 19.8 Å². The van der Waals surface area contributed by atoms with Crippen LogP contribution in [-0.4, -0.2) is 55.0 Å². The molecule has 0 fully saturated rings. The molecule has 4 aliphatic rings. The van der Waals surface area contributed by atoms with Crippen molar-refractivity contribution in [1.29, 1.82) is 0 Å². The molecule has 0 aromatic heterocycles. The van der Waals surface area contributed by atoms with Gasteiger partial charge in [-0.25, -0.2) is 4.79 Å². The van der Waals surface area contributed by atoms with Crippen molar-refractivity contribution in [1.82, 2.24) is 0 Å². The first-order chi connectivity index (χ1) is 41.6. The van der Waals surface area contributed by atoms with E-state index in [4.69, 9.17) is 23.7 Å². The Hall–Kier alpha value is -6.55. The van der Waals surface area contributed by atoms with Crippen LogP contribution in [0, 0.1) is 45.4 Å². The molecule has 0 amide bonds. The fourth-order valence-electron chi connectivity index (χ4n) is 14.4. The number of aryl methyl sites for hydroxylation is 3. The Bertz CT molecular complexity index is 3210. The molecule has 0 bridgehead atoms. The summed E-state index contributed by atoms with van der Waals surface area (Å²) in [4.78, 5) is 13.1. The molecule has 1 unspecified atom stereocenters. The highest BCUT2D eigenvalue weighted by Crippen LogP contribution is 2.57. The summed E-state index contributed by atoms with van der Waals surface area (Å²) in [6.45, 7) is 32.5. The maximum Gasteiger partial charge on any atom is 0.341 e. The summed E-state index contributed by atoms with van der Waals surface area (Å²) in [5.74, 6) is 6.67. The van der Waals surface area contributed by atoms with E-state index < -0.39 is 6.29 Å². The molecule has 5 aromatic rings. The second kappa shape index (κ2) is 32.8. The maximum atomic E-state index is 13.1. The lowest BCUT2D eigenvalue weighted by molar-refractivity contribution is -0.101. The van der Waals surface area contributed by atoms with Gasteiger partial charge in [0.15, 0.2) is 11.5 Å². The zero-order valence-electron chi connectivity index (χ0n) is 55.4. The molecule has 88 heavy (non-hydrogen) atoms. The van der Waals surface area contributed by atoms with Gasteiger partial charge < -0.3 is 39.0 Å². The van der Waals surface area contributed by atoms with Crippen LogP contribution in [0.25, 0.3) is 5.76 Å². The number of phenols is 1. The largest absolute Gasteiger partial charge is 0.504 e. The van der Waals surface area contributed by atoms with E-state index in [1.54, 1.807) is 26.4 Å². The molecule has 3 aliphatic carbocycles. The minimum Gasteiger partial charge on any atom is -0.504 e. The molecular weight excluding hydrogens is 1090 g/mol. The van der Waals surface area contributed by atoms with E-state index >= 15 is 0 Å². The minimum atomic E-state index is -0.647. The molecule has 1 heterocycles. The predicted octanol–water partition coefficient (Wildman–Crippen LogP) is 20.3. The number of aromatic hydroxyl groups is 1. The summed E-state index contributed by atoms with van der Waals surface area (Å²) in [6.07, 6.45) is 18.5. The molecule has 5 aromatic carbocycles. The van der Waals surface area contributed by atoms with Crippen molar-refractivity contribution < 1.29 is 43.8 Å². The summed E-state index contributed by atoms with van der Waals surface area (Å²) >= 11 is 0. The normalized spacial score (nSPS) is 20.9. The molecule has 9 rings (SSSR count). The van der Waals surface area contributed by atoms with E-state index in [0.29, 0.717) is 58.3 Å². The van der Waals surface area contributed by atoms with Crippen molar-refractivity contribution in [3.63, 3.8) is 0 Å². The van der Waals surface area contributed by atoms with Gasteiger partial charge in [-0.1, -0.05) is 130 Å². The van der Waals surface area contributed by atoms with Crippen LogP contribution >= 0.6 is 0 Å². The Morgan fingerprint density at radius 1 is 0.614 bits per heavy atom. The van der Waals surface area contributed by atoms with E-state index in [2.05, 4.69) is 119 Å². The summed E-state index contributed by atoms with van der Waals surface area (Å²) < 4.78 is 30.4.